The Balaban J connectivity index is 1.53. The fraction of sp³-hybridized carbons (Fsp3) is 0.333. The number of carbonyl (C=O) groups excluding carboxylic acids is 2. The molecular weight excluding hydrogens is 326 g/mol. The monoisotopic (exact) mass is 351 g/mol. The van der Waals surface area contributed by atoms with Crippen LogP contribution in [0.2, 0.25) is 0 Å². The van der Waals surface area contributed by atoms with Gasteiger partial charge in [-0.1, -0.05) is 54.6 Å². The predicted molar refractivity (Wildman–Crippen MR) is 101 cm³/mol. The van der Waals surface area contributed by atoms with E-state index in [-0.39, 0.29) is 23.9 Å². The quantitative estimate of drug-likeness (QED) is 0.772. The van der Waals surface area contributed by atoms with Crippen molar-refractivity contribution in [1.29, 1.82) is 0 Å². The van der Waals surface area contributed by atoms with Crippen LogP contribution in [0.15, 0.2) is 54.6 Å². The number of hydrogen-bond acceptors (Lipinski definition) is 3. The number of carbonyl (C=O) groups is 2. The minimum absolute atomic E-state index is 0.109. The van der Waals surface area contributed by atoms with E-state index in [0.717, 1.165) is 5.56 Å². The van der Waals surface area contributed by atoms with Gasteiger partial charge in [-0.05, 0) is 37.0 Å². The summed E-state index contributed by atoms with van der Waals surface area (Å²) in [4.78, 5) is 24.9. The van der Waals surface area contributed by atoms with Crippen LogP contribution < -0.4 is 16.0 Å². The zero-order chi connectivity index (χ0) is 18.5. The van der Waals surface area contributed by atoms with Crippen LogP contribution in [0, 0.1) is 0 Å². The van der Waals surface area contributed by atoms with Gasteiger partial charge in [-0.25, -0.2) is 0 Å². The molecular formula is C21H25N3O2. The van der Waals surface area contributed by atoms with Gasteiger partial charge in [0.05, 0.1) is 12.1 Å². The summed E-state index contributed by atoms with van der Waals surface area (Å²) in [7, 11) is 0. The van der Waals surface area contributed by atoms with Gasteiger partial charge in [-0.2, -0.15) is 0 Å². The van der Waals surface area contributed by atoms with E-state index < -0.39 is 6.04 Å². The maximum atomic E-state index is 12.5. The van der Waals surface area contributed by atoms with Crippen LogP contribution >= 0.6 is 0 Å². The Kier molecular flexibility index (Phi) is 5.68. The van der Waals surface area contributed by atoms with Crippen molar-refractivity contribution in [2.45, 2.75) is 44.9 Å². The number of nitrogens with one attached hydrogen (secondary N) is 3. The minimum Gasteiger partial charge on any atom is -0.348 e. The molecule has 0 radical (unpaired) electrons. The first-order valence-corrected chi connectivity index (χ1v) is 9.00. The highest BCUT2D eigenvalue weighted by Crippen LogP contribution is 2.16. The van der Waals surface area contributed by atoms with Gasteiger partial charge in [0.25, 0.3) is 0 Å². The van der Waals surface area contributed by atoms with Crippen molar-refractivity contribution in [3.05, 3.63) is 71.3 Å². The van der Waals surface area contributed by atoms with E-state index in [1.54, 1.807) is 6.92 Å². The van der Waals surface area contributed by atoms with Gasteiger partial charge >= 0.3 is 0 Å². The average molecular weight is 351 g/mol. The summed E-state index contributed by atoms with van der Waals surface area (Å²) in [5.41, 5.74) is 3.44. The Morgan fingerprint density at radius 1 is 0.962 bits per heavy atom. The van der Waals surface area contributed by atoms with Gasteiger partial charge in [0.1, 0.15) is 6.04 Å². The first kappa shape index (κ1) is 18.1. The van der Waals surface area contributed by atoms with Gasteiger partial charge in [0.2, 0.25) is 11.8 Å². The van der Waals surface area contributed by atoms with Crippen LogP contribution in [-0.4, -0.2) is 23.9 Å². The number of rotatable bonds is 5. The molecule has 0 aromatic heterocycles. The van der Waals surface area contributed by atoms with Gasteiger partial charge in [-0.15, -0.1) is 0 Å². The van der Waals surface area contributed by atoms with E-state index in [9.17, 15) is 9.59 Å². The molecule has 1 aliphatic rings. The van der Waals surface area contributed by atoms with Crippen molar-refractivity contribution in [1.82, 2.24) is 16.0 Å². The maximum absolute atomic E-state index is 12.5. The van der Waals surface area contributed by atoms with E-state index >= 15 is 0 Å². The normalized spacial score (nSPS) is 18.3. The van der Waals surface area contributed by atoms with Gasteiger partial charge in [-0.3, -0.25) is 9.59 Å². The molecule has 26 heavy (non-hydrogen) atoms. The molecule has 5 nitrogen and oxygen atoms in total. The molecule has 2 aromatic carbocycles. The van der Waals surface area contributed by atoms with E-state index in [2.05, 4.69) is 22.0 Å². The second-order valence-electron chi connectivity index (χ2n) is 6.78. The summed E-state index contributed by atoms with van der Waals surface area (Å²) in [6.45, 7) is 4.31. The van der Waals surface area contributed by atoms with Crippen LogP contribution in [0.25, 0.3) is 0 Å². The zero-order valence-electron chi connectivity index (χ0n) is 15.2. The molecule has 0 saturated carbocycles. The summed E-state index contributed by atoms with van der Waals surface area (Å²) in [6.07, 6.45) is 0.636. The molecule has 3 atom stereocenters. The van der Waals surface area contributed by atoms with E-state index in [1.165, 1.54) is 11.1 Å². The van der Waals surface area contributed by atoms with Crippen molar-refractivity contribution in [3.63, 3.8) is 0 Å². The number of fused-ring (bicyclic) bond motifs is 1. The second kappa shape index (κ2) is 8.15. The third-order valence-corrected chi connectivity index (χ3v) is 4.81. The minimum atomic E-state index is -0.590. The highest BCUT2D eigenvalue weighted by Gasteiger charge is 2.26. The summed E-state index contributed by atoms with van der Waals surface area (Å²) >= 11 is 0. The lowest BCUT2D eigenvalue weighted by molar-refractivity contribution is -0.130. The van der Waals surface area contributed by atoms with E-state index in [0.29, 0.717) is 13.0 Å². The van der Waals surface area contributed by atoms with Crippen molar-refractivity contribution < 1.29 is 9.59 Å². The van der Waals surface area contributed by atoms with Gasteiger partial charge in [0, 0.05) is 6.54 Å². The summed E-state index contributed by atoms with van der Waals surface area (Å²) in [6, 6.07) is 16.9. The molecule has 5 heteroatoms. The van der Waals surface area contributed by atoms with Crippen LogP contribution in [0.5, 0.6) is 0 Å². The largest absolute Gasteiger partial charge is 0.348 e. The van der Waals surface area contributed by atoms with Crippen LogP contribution in [0.3, 0.4) is 0 Å². The number of hydrogen-bond donors (Lipinski definition) is 3. The molecule has 1 aliphatic heterocycles. The first-order valence-electron chi connectivity index (χ1n) is 9.00. The number of benzene rings is 2. The Morgan fingerprint density at radius 2 is 1.62 bits per heavy atom. The third-order valence-electron chi connectivity index (χ3n) is 4.81. The van der Waals surface area contributed by atoms with Crippen molar-refractivity contribution in [2.75, 3.05) is 0 Å². The van der Waals surface area contributed by atoms with Crippen molar-refractivity contribution >= 4 is 11.8 Å². The smallest absolute Gasteiger partial charge is 0.242 e. The Labute approximate surface area is 154 Å². The van der Waals surface area contributed by atoms with Crippen LogP contribution in [0.1, 0.15) is 36.6 Å². The maximum Gasteiger partial charge on any atom is 0.242 e. The summed E-state index contributed by atoms with van der Waals surface area (Å²) < 4.78 is 0. The molecule has 0 spiro atoms. The lowest BCUT2D eigenvalue weighted by atomic mass is 9.95. The average Bonchev–Trinajstić information content (AvgIpc) is 2.68. The molecule has 0 aliphatic carbocycles. The molecule has 136 valence electrons. The summed E-state index contributed by atoms with van der Waals surface area (Å²) in [5.74, 6) is -0.333. The Hall–Kier alpha value is -2.66. The van der Waals surface area contributed by atoms with Crippen LogP contribution in [-0.2, 0) is 22.6 Å². The Morgan fingerprint density at radius 3 is 2.35 bits per heavy atom. The molecule has 3 rings (SSSR count). The molecule has 2 amide bonds. The standard InChI is InChI=1S/C21H25N3O2/c1-14(16-8-4-3-5-9-16)23-20(25)15(2)24-21(26)19-12-17-10-6-7-11-18(17)13-22-19/h3-11,14-15,19,22H,12-13H2,1-2H3,(H,23,25)(H,24,26)/t14?,15-,19-/m0/s1. The molecule has 3 N–H and O–H groups in total. The van der Waals surface area contributed by atoms with E-state index in [1.807, 2.05) is 55.5 Å². The third kappa shape index (κ3) is 4.29. The van der Waals surface area contributed by atoms with Crippen molar-refractivity contribution in [2.24, 2.45) is 0 Å². The lowest BCUT2D eigenvalue weighted by Gasteiger charge is -2.27. The fourth-order valence-corrected chi connectivity index (χ4v) is 3.18. The predicted octanol–water partition coefficient (Wildman–Crippen LogP) is 2.08. The van der Waals surface area contributed by atoms with Gasteiger partial charge < -0.3 is 16.0 Å². The topological polar surface area (TPSA) is 70.2 Å². The Bertz CT molecular complexity index is 776. The molecule has 0 bridgehead atoms. The second-order valence-corrected chi connectivity index (χ2v) is 6.78. The van der Waals surface area contributed by atoms with Crippen molar-refractivity contribution in [3.8, 4) is 0 Å². The molecule has 2 aromatic rings. The fourth-order valence-electron chi connectivity index (χ4n) is 3.18. The highest BCUT2D eigenvalue weighted by atomic mass is 16.2. The number of amides is 2. The zero-order valence-corrected chi connectivity index (χ0v) is 15.2. The molecule has 1 unspecified atom stereocenters. The molecule has 0 fully saturated rings. The first-order chi connectivity index (χ1) is 12.5. The molecule has 0 saturated heterocycles. The SMILES string of the molecule is CC(NC(=O)[C@H](C)NC(=O)[C@@H]1Cc2ccccc2CN1)c1ccccc1. The van der Waals surface area contributed by atoms with Crippen LogP contribution in [0.4, 0.5) is 0 Å². The molecule has 1 heterocycles. The lowest BCUT2D eigenvalue weighted by Crippen LogP contribution is -2.53. The summed E-state index contributed by atoms with van der Waals surface area (Å²) in [5, 5.41) is 9.01. The highest BCUT2D eigenvalue weighted by molar-refractivity contribution is 5.90. The van der Waals surface area contributed by atoms with Gasteiger partial charge in [0.15, 0.2) is 0 Å². The van der Waals surface area contributed by atoms with E-state index in [4.69, 9.17) is 0 Å².